The van der Waals surface area contributed by atoms with Gasteiger partial charge in [-0.15, -0.1) is 0 Å². The Kier molecular flexibility index (Phi) is 6.04. The van der Waals surface area contributed by atoms with Gasteiger partial charge in [0.25, 0.3) is 0 Å². The van der Waals surface area contributed by atoms with Gasteiger partial charge in [-0.2, -0.15) is 0 Å². The molecular weight excluding hydrogens is 340 g/mol. The second-order valence-electron chi connectivity index (χ2n) is 6.05. The van der Waals surface area contributed by atoms with E-state index >= 15 is 0 Å². The normalized spacial score (nSPS) is 10.9. The fraction of sp³-hybridized carbons (Fsp3) is 0.263. The number of carbonyl (C=O) groups excluding carboxylic acids is 2. The van der Waals surface area contributed by atoms with E-state index in [0.29, 0.717) is 16.5 Å². The molecule has 0 saturated heterocycles. The zero-order valence-corrected chi connectivity index (χ0v) is 15.2. The van der Waals surface area contributed by atoms with E-state index in [1.54, 1.807) is 44.2 Å². The van der Waals surface area contributed by atoms with Gasteiger partial charge in [0.05, 0.1) is 12.8 Å². The second-order valence-corrected chi connectivity index (χ2v) is 6.46. The molecule has 0 aromatic heterocycles. The minimum atomic E-state index is -1.26. The number of anilines is 1. The molecular formula is C19H21ClN2O3. The van der Waals surface area contributed by atoms with Crippen molar-refractivity contribution in [1.29, 1.82) is 0 Å². The first-order valence-electron chi connectivity index (χ1n) is 7.82. The maximum absolute atomic E-state index is 12.6. The average molecular weight is 361 g/mol. The number of rotatable bonds is 6. The number of benzene rings is 2. The van der Waals surface area contributed by atoms with Gasteiger partial charge in [-0.1, -0.05) is 41.9 Å². The predicted molar refractivity (Wildman–Crippen MR) is 98.7 cm³/mol. The lowest BCUT2D eigenvalue weighted by Gasteiger charge is -2.23. The van der Waals surface area contributed by atoms with E-state index in [0.717, 1.165) is 5.56 Å². The SMILES string of the molecule is COc1ccccc1NC(=O)C(C)(C)C(=O)NCc1ccccc1Cl. The van der Waals surface area contributed by atoms with Crippen molar-refractivity contribution in [2.24, 2.45) is 5.41 Å². The highest BCUT2D eigenvalue weighted by Crippen LogP contribution is 2.26. The van der Waals surface area contributed by atoms with Crippen LogP contribution >= 0.6 is 11.6 Å². The number of para-hydroxylation sites is 2. The predicted octanol–water partition coefficient (Wildman–Crippen LogP) is 3.63. The molecule has 0 radical (unpaired) electrons. The summed E-state index contributed by atoms with van der Waals surface area (Å²) >= 11 is 6.08. The quantitative estimate of drug-likeness (QED) is 0.773. The van der Waals surface area contributed by atoms with E-state index in [1.165, 1.54) is 7.11 Å². The lowest BCUT2D eigenvalue weighted by atomic mass is 9.90. The van der Waals surface area contributed by atoms with E-state index < -0.39 is 11.3 Å². The van der Waals surface area contributed by atoms with Gasteiger partial charge in [0, 0.05) is 11.6 Å². The number of halogens is 1. The molecule has 0 aliphatic carbocycles. The Morgan fingerprint density at radius 3 is 2.36 bits per heavy atom. The maximum atomic E-state index is 12.6. The molecule has 2 aromatic rings. The number of hydrogen-bond acceptors (Lipinski definition) is 3. The number of ether oxygens (including phenoxy) is 1. The second kappa shape index (κ2) is 8.03. The Labute approximate surface area is 152 Å². The molecule has 5 nitrogen and oxygen atoms in total. The summed E-state index contributed by atoms with van der Waals surface area (Å²) in [5.41, 5.74) is 0.0442. The number of carbonyl (C=O) groups is 2. The van der Waals surface area contributed by atoms with E-state index in [-0.39, 0.29) is 12.5 Å². The Bertz CT molecular complexity index is 775. The first kappa shape index (κ1) is 18.8. The molecule has 2 N–H and O–H groups in total. The van der Waals surface area contributed by atoms with Crippen molar-refractivity contribution in [2.45, 2.75) is 20.4 Å². The minimum Gasteiger partial charge on any atom is -0.495 e. The number of amides is 2. The molecule has 0 bridgehead atoms. The molecule has 0 heterocycles. The van der Waals surface area contributed by atoms with Crippen LogP contribution in [0.15, 0.2) is 48.5 Å². The van der Waals surface area contributed by atoms with Crippen molar-refractivity contribution in [1.82, 2.24) is 5.32 Å². The third kappa shape index (κ3) is 4.51. The first-order chi connectivity index (χ1) is 11.9. The van der Waals surface area contributed by atoms with Gasteiger partial charge in [0.2, 0.25) is 11.8 Å². The van der Waals surface area contributed by atoms with Gasteiger partial charge in [-0.3, -0.25) is 9.59 Å². The van der Waals surface area contributed by atoms with Gasteiger partial charge in [-0.25, -0.2) is 0 Å². The maximum Gasteiger partial charge on any atom is 0.239 e. The van der Waals surface area contributed by atoms with E-state index in [4.69, 9.17) is 16.3 Å². The largest absolute Gasteiger partial charge is 0.495 e. The van der Waals surface area contributed by atoms with Crippen LogP contribution in [-0.2, 0) is 16.1 Å². The summed E-state index contributed by atoms with van der Waals surface area (Å²) in [6.07, 6.45) is 0. The molecule has 0 unspecified atom stereocenters. The highest BCUT2D eigenvalue weighted by molar-refractivity contribution is 6.31. The Balaban J connectivity index is 2.04. The van der Waals surface area contributed by atoms with Gasteiger partial charge in [0.15, 0.2) is 0 Å². The van der Waals surface area contributed by atoms with Gasteiger partial charge >= 0.3 is 0 Å². The van der Waals surface area contributed by atoms with Gasteiger partial charge in [-0.05, 0) is 37.6 Å². The van der Waals surface area contributed by atoms with Crippen LogP contribution in [0, 0.1) is 5.41 Å². The third-order valence-corrected chi connectivity index (χ3v) is 4.26. The van der Waals surface area contributed by atoms with Crippen LogP contribution in [-0.4, -0.2) is 18.9 Å². The van der Waals surface area contributed by atoms with Crippen molar-refractivity contribution >= 4 is 29.1 Å². The summed E-state index contributed by atoms with van der Waals surface area (Å²) < 4.78 is 5.21. The lowest BCUT2D eigenvalue weighted by molar-refractivity contribution is -0.138. The molecule has 2 aromatic carbocycles. The molecule has 0 fully saturated rings. The fourth-order valence-corrected chi connectivity index (χ4v) is 2.37. The zero-order valence-electron chi connectivity index (χ0n) is 14.4. The monoisotopic (exact) mass is 360 g/mol. The van der Waals surface area contributed by atoms with Crippen molar-refractivity contribution in [2.75, 3.05) is 12.4 Å². The Morgan fingerprint density at radius 1 is 1.04 bits per heavy atom. The van der Waals surface area contributed by atoms with Crippen LogP contribution in [0.25, 0.3) is 0 Å². The van der Waals surface area contributed by atoms with Crippen LogP contribution in [0.3, 0.4) is 0 Å². The number of hydrogen-bond donors (Lipinski definition) is 2. The molecule has 0 spiro atoms. The summed E-state index contributed by atoms with van der Waals surface area (Å²) in [7, 11) is 1.52. The van der Waals surface area contributed by atoms with Crippen LogP contribution in [0.2, 0.25) is 5.02 Å². The fourth-order valence-electron chi connectivity index (χ4n) is 2.17. The van der Waals surface area contributed by atoms with Gasteiger partial charge in [0.1, 0.15) is 11.2 Å². The minimum absolute atomic E-state index is 0.254. The zero-order chi connectivity index (χ0) is 18.4. The molecule has 2 rings (SSSR count). The Morgan fingerprint density at radius 2 is 1.68 bits per heavy atom. The average Bonchev–Trinajstić information content (AvgIpc) is 2.61. The highest BCUT2D eigenvalue weighted by Gasteiger charge is 2.36. The lowest BCUT2D eigenvalue weighted by Crippen LogP contribution is -2.44. The van der Waals surface area contributed by atoms with Crippen molar-refractivity contribution in [3.05, 3.63) is 59.1 Å². The third-order valence-electron chi connectivity index (χ3n) is 3.89. The van der Waals surface area contributed by atoms with Crippen LogP contribution in [0.1, 0.15) is 19.4 Å². The van der Waals surface area contributed by atoms with Crippen LogP contribution in [0.5, 0.6) is 5.75 Å². The van der Waals surface area contributed by atoms with Crippen molar-refractivity contribution in [3.8, 4) is 5.75 Å². The number of nitrogens with one attached hydrogen (secondary N) is 2. The smallest absolute Gasteiger partial charge is 0.239 e. The Hall–Kier alpha value is -2.53. The van der Waals surface area contributed by atoms with E-state index in [9.17, 15) is 9.59 Å². The topological polar surface area (TPSA) is 67.4 Å². The van der Waals surface area contributed by atoms with E-state index in [1.807, 2.05) is 18.2 Å². The summed E-state index contributed by atoms with van der Waals surface area (Å²) in [5.74, 6) is -0.281. The van der Waals surface area contributed by atoms with Crippen LogP contribution < -0.4 is 15.4 Å². The van der Waals surface area contributed by atoms with Gasteiger partial charge < -0.3 is 15.4 Å². The molecule has 25 heavy (non-hydrogen) atoms. The molecule has 2 amide bonds. The number of methoxy groups -OCH3 is 1. The summed E-state index contributed by atoms with van der Waals surface area (Å²) in [6.45, 7) is 3.39. The summed E-state index contributed by atoms with van der Waals surface area (Å²) in [4.78, 5) is 25.1. The molecule has 0 aliphatic heterocycles. The van der Waals surface area contributed by atoms with E-state index in [2.05, 4.69) is 10.6 Å². The molecule has 0 aliphatic rings. The molecule has 132 valence electrons. The molecule has 0 saturated carbocycles. The summed E-state index contributed by atoms with van der Waals surface area (Å²) in [5, 5.41) is 6.07. The van der Waals surface area contributed by atoms with Crippen molar-refractivity contribution < 1.29 is 14.3 Å². The standard InChI is InChI=1S/C19H21ClN2O3/c1-19(2,17(23)21-12-13-8-4-5-9-14(13)20)18(24)22-15-10-6-7-11-16(15)25-3/h4-11H,12H2,1-3H3,(H,21,23)(H,22,24). The molecule has 6 heteroatoms. The van der Waals surface area contributed by atoms with Crippen molar-refractivity contribution in [3.63, 3.8) is 0 Å². The molecule has 0 atom stereocenters. The summed E-state index contributed by atoms with van der Waals surface area (Å²) in [6, 6.07) is 14.3. The first-order valence-corrected chi connectivity index (χ1v) is 8.20. The highest BCUT2D eigenvalue weighted by atomic mass is 35.5. The van der Waals surface area contributed by atoms with Crippen LogP contribution in [0.4, 0.5) is 5.69 Å².